The Hall–Kier alpha value is -0.970. The van der Waals surface area contributed by atoms with E-state index in [0.717, 1.165) is 0 Å². The van der Waals surface area contributed by atoms with Gasteiger partial charge >= 0.3 is 0 Å². The smallest absolute Gasteiger partial charge is 0.128 e. The second kappa shape index (κ2) is 6.69. The molecular weight excluding hydrogens is 219 g/mol. The molecule has 0 saturated carbocycles. The number of hydrogen-bond acceptors (Lipinski definition) is 3. The summed E-state index contributed by atoms with van der Waals surface area (Å²) in [6.45, 7) is 3.01. The summed E-state index contributed by atoms with van der Waals surface area (Å²) in [5.41, 5.74) is 6.40. The summed E-state index contributed by atoms with van der Waals surface area (Å²) in [7, 11) is 3.60. The maximum Gasteiger partial charge on any atom is 0.128 e. The molecule has 0 heterocycles. The van der Waals surface area contributed by atoms with E-state index in [1.54, 1.807) is 19.2 Å². The van der Waals surface area contributed by atoms with Crippen LogP contribution in [0.25, 0.3) is 0 Å². The molecule has 0 aliphatic heterocycles. The second-order valence-corrected chi connectivity index (χ2v) is 4.24. The van der Waals surface area contributed by atoms with Crippen molar-refractivity contribution in [2.45, 2.75) is 19.0 Å². The highest BCUT2D eigenvalue weighted by Gasteiger charge is 2.22. The van der Waals surface area contributed by atoms with E-state index >= 15 is 0 Å². The summed E-state index contributed by atoms with van der Waals surface area (Å²) in [4.78, 5) is 2.04. The number of ether oxygens (including phenoxy) is 1. The van der Waals surface area contributed by atoms with Gasteiger partial charge in [-0.2, -0.15) is 0 Å². The van der Waals surface area contributed by atoms with E-state index in [1.807, 2.05) is 24.9 Å². The highest BCUT2D eigenvalue weighted by atomic mass is 19.1. The summed E-state index contributed by atoms with van der Waals surface area (Å²) >= 11 is 0. The molecule has 0 aliphatic rings. The van der Waals surface area contributed by atoms with Gasteiger partial charge in [-0.1, -0.05) is 18.2 Å². The van der Waals surface area contributed by atoms with Crippen molar-refractivity contribution in [3.63, 3.8) is 0 Å². The fourth-order valence-corrected chi connectivity index (χ4v) is 1.92. The highest BCUT2D eigenvalue weighted by Crippen LogP contribution is 2.22. The number of nitrogens with two attached hydrogens (primary N) is 1. The molecule has 2 N–H and O–H groups in total. The summed E-state index contributed by atoms with van der Waals surface area (Å²) in [6.07, 6.45) is 0. The average Bonchev–Trinajstić information content (AvgIpc) is 2.32. The van der Waals surface area contributed by atoms with E-state index in [-0.39, 0.29) is 17.9 Å². The summed E-state index contributed by atoms with van der Waals surface area (Å²) in [5, 5.41) is 0. The molecule has 2 atom stereocenters. The van der Waals surface area contributed by atoms with E-state index in [2.05, 4.69) is 0 Å². The van der Waals surface area contributed by atoms with Crippen LogP contribution in [0.15, 0.2) is 24.3 Å². The van der Waals surface area contributed by atoms with E-state index in [9.17, 15) is 4.39 Å². The van der Waals surface area contributed by atoms with E-state index < -0.39 is 0 Å². The third-order valence-electron chi connectivity index (χ3n) is 3.08. The lowest BCUT2D eigenvalue weighted by atomic mass is 10.0. The van der Waals surface area contributed by atoms with E-state index in [0.29, 0.717) is 18.7 Å². The van der Waals surface area contributed by atoms with Gasteiger partial charge in [0.15, 0.2) is 0 Å². The number of likely N-dealkylation sites (N-methyl/N-ethyl adjacent to an activating group) is 1. The molecule has 4 heteroatoms. The van der Waals surface area contributed by atoms with E-state index in [4.69, 9.17) is 10.5 Å². The molecule has 0 saturated heterocycles. The third-order valence-corrected chi connectivity index (χ3v) is 3.08. The average molecular weight is 240 g/mol. The zero-order chi connectivity index (χ0) is 12.8. The lowest BCUT2D eigenvalue weighted by molar-refractivity contribution is 0.0900. The van der Waals surface area contributed by atoms with Gasteiger partial charge in [-0.15, -0.1) is 0 Å². The Morgan fingerprint density at radius 2 is 2.06 bits per heavy atom. The number of benzene rings is 1. The fourth-order valence-electron chi connectivity index (χ4n) is 1.92. The van der Waals surface area contributed by atoms with Crippen molar-refractivity contribution < 1.29 is 9.13 Å². The predicted octanol–water partition coefficient (Wildman–Crippen LogP) is 1.79. The third kappa shape index (κ3) is 3.49. The topological polar surface area (TPSA) is 38.5 Å². The van der Waals surface area contributed by atoms with Crippen molar-refractivity contribution in [1.29, 1.82) is 0 Å². The minimum atomic E-state index is -0.209. The van der Waals surface area contributed by atoms with Crippen LogP contribution in [0.4, 0.5) is 4.39 Å². The SMILES string of the molecule is COCC(C)N(C)C(CN)c1ccccc1F. The van der Waals surface area contributed by atoms with Gasteiger partial charge < -0.3 is 10.5 Å². The van der Waals surface area contributed by atoms with Crippen LogP contribution < -0.4 is 5.73 Å². The molecule has 0 spiro atoms. The highest BCUT2D eigenvalue weighted by molar-refractivity contribution is 5.21. The van der Waals surface area contributed by atoms with Crippen molar-refractivity contribution in [3.8, 4) is 0 Å². The number of nitrogens with zero attached hydrogens (tertiary/aromatic N) is 1. The van der Waals surface area contributed by atoms with Crippen molar-refractivity contribution >= 4 is 0 Å². The molecule has 0 aromatic heterocycles. The maximum atomic E-state index is 13.7. The van der Waals surface area contributed by atoms with Crippen LogP contribution in [0.1, 0.15) is 18.5 Å². The molecule has 1 aromatic rings. The minimum Gasteiger partial charge on any atom is -0.383 e. The maximum absolute atomic E-state index is 13.7. The normalized spacial score (nSPS) is 14.9. The zero-order valence-electron chi connectivity index (χ0n) is 10.7. The Balaban J connectivity index is 2.88. The van der Waals surface area contributed by atoms with E-state index in [1.165, 1.54) is 6.07 Å². The number of halogens is 1. The Kier molecular flexibility index (Phi) is 5.55. The van der Waals surface area contributed by atoms with Gasteiger partial charge in [0, 0.05) is 31.3 Å². The first-order valence-electron chi connectivity index (χ1n) is 5.77. The Labute approximate surface area is 102 Å². The molecular formula is C13H21FN2O. The van der Waals surface area contributed by atoms with Gasteiger partial charge in [0.1, 0.15) is 5.82 Å². The first-order chi connectivity index (χ1) is 8.11. The lowest BCUT2D eigenvalue weighted by Crippen LogP contribution is -2.39. The molecule has 17 heavy (non-hydrogen) atoms. The molecule has 1 rings (SSSR count). The molecule has 0 amide bonds. The quantitative estimate of drug-likeness (QED) is 0.824. The van der Waals surface area contributed by atoms with Crippen LogP contribution in [0, 0.1) is 5.82 Å². The summed E-state index contributed by atoms with van der Waals surface area (Å²) in [6, 6.07) is 6.82. The predicted molar refractivity (Wildman–Crippen MR) is 67.3 cm³/mol. The van der Waals surface area contributed by atoms with Gasteiger partial charge in [-0.3, -0.25) is 4.90 Å². The Morgan fingerprint density at radius 3 is 2.59 bits per heavy atom. The molecule has 0 aliphatic carbocycles. The fraction of sp³-hybridized carbons (Fsp3) is 0.538. The van der Waals surface area contributed by atoms with Gasteiger partial charge in [0.2, 0.25) is 0 Å². The van der Waals surface area contributed by atoms with Crippen LogP contribution in [0.3, 0.4) is 0 Å². The van der Waals surface area contributed by atoms with Gasteiger partial charge in [0.25, 0.3) is 0 Å². The monoisotopic (exact) mass is 240 g/mol. The first-order valence-corrected chi connectivity index (χ1v) is 5.77. The second-order valence-electron chi connectivity index (χ2n) is 4.24. The summed E-state index contributed by atoms with van der Waals surface area (Å²) < 4.78 is 18.8. The van der Waals surface area contributed by atoms with Crippen LogP contribution in [0.5, 0.6) is 0 Å². The van der Waals surface area contributed by atoms with Crippen molar-refractivity contribution in [3.05, 3.63) is 35.6 Å². The summed E-state index contributed by atoms with van der Waals surface area (Å²) in [5.74, 6) is -0.209. The van der Waals surface area contributed by atoms with Crippen molar-refractivity contribution in [2.75, 3.05) is 27.3 Å². The largest absolute Gasteiger partial charge is 0.383 e. The van der Waals surface area contributed by atoms with Crippen molar-refractivity contribution in [2.24, 2.45) is 5.73 Å². The first kappa shape index (κ1) is 14.1. The van der Waals surface area contributed by atoms with Crippen LogP contribution in [-0.4, -0.2) is 38.3 Å². The lowest BCUT2D eigenvalue weighted by Gasteiger charge is -2.32. The molecule has 3 nitrogen and oxygen atoms in total. The van der Waals surface area contributed by atoms with Crippen LogP contribution in [-0.2, 0) is 4.74 Å². The van der Waals surface area contributed by atoms with Gasteiger partial charge in [0.05, 0.1) is 6.61 Å². The van der Waals surface area contributed by atoms with Crippen LogP contribution >= 0.6 is 0 Å². The minimum absolute atomic E-state index is 0.124. The van der Waals surface area contributed by atoms with Gasteiger partial charge in [-0.25, -0.2) is 4.39 Å². The molecule has 1 aromatic carbocycles. The molecule has 0 radical (unpaired) electrons. The molecule has 0 bridgehead atoms. The molecule has 2 unspecified atom stereocenters. The number of rotatable bonds is 6. The molecule has 0 fully saturated rings. The molecule has 96 valence electrons. The Bertz CT molecular complexity index is 346. The van der Waals surface area contributed by atoms with Gasteiger partial charge in [-0.05, 0) is 20.0 Å². The number of hydrogen-bond donors (Lipinski definition) is 1. The standard InChI is InChI=1S/C13H21FN2O/c1-10(9-17-3)16(2)13(8-15)11-6-4-5-7-12(11)14/h4-7,10,13H,8-9,15H2,1-3H3. The van der Waals surface area contributed by atoms with Crippen LogP contribution in [0.2, 0.25) is 0 Å². The Morgan fingerprint density at radius 1 is 1.41 bits per heavy atom. The van der Waals surface area contributed by atoms with Crippen molar-refractivity contribution in [1.82, 2.24) is 4.90 Å². The number of methoxy groups -OCH3 is 1. The zero-order valence-corrected chi connectivity index (χ0v) is 10.7.